The Morgan fingerprint density at radius 1 is 1.00 bits per heavy atom. The van der Waals surface area contributed by atoms with Crippen molar-refractivity contribution >= 4 is 33.2 Å². The van der Waals surface area contributed by atoms with Gasteiger partial charge in [-0.2, -0.15) is 0 Å². The van der Waals surface area contributed by atoms with E-state index >= 15 is 0 Å². The third-order valence-corrected chi connectivity index (χ3v) is 4.48. The molecule has 0 radical (unpaired) electrons. The Bertz CT molecular complexity index is 985. The van der Waals surface area contributed by atoms with Gasteiger partial charge in [-0.1, -0.05) is 32.0 Å². The number of carbonyl (C=O) groups excluding carboxylic acids is 2. The topological polar surface area (TPSA) is 104 Å². The Morgan fingerprint density at radius 2 is 1.68 bits per heavy atom. The number of nitrogens with one attached hydrogen (secondary N) is 3. The maximum Gasteiger partial charge on any atom is 0.255 e. The first-order valence-electron chi connectivity index (χ1n) is 8.84. The molecule has 0 heterocycles. The van der Waals surface area contributed by atoms with Crippen LogP contribution in [0.5, 0.6) is 0 Å². The van der Waals surface area contributed by atoms with Crippen molar-refractivity contribution in [2.45, 2.75) is 20.8 Å². The first kappa shape index (κ1) is 21.4. The smallest absolute Gasteiger partial charge is 0.255 e. The molecule has 0 atom stereocenters. The summed E-state index contributed by atoms with van der Waals surface area (Å²) in [6.07, 6.45) is 1.05. The number of anilines is 2. The van der Waals surface area contributed by atoms with Crippen LogP contribution in [0.15, 0.2) is 42.5 Å². The van der Waals surface area contributed by atoms with Crippen molar-refractivity contribution in [3.63, 3.8) is 0 Å². The number of carbonyl (C=O) groups is 2. The van der Waals surface area contributed by atoms with Gasteiger partial charge in [0.05, 0.1) is 23.2 Å². The number of benzene rings is 2. The van der Waals surface area contributed by atoms with Crippen LogP contribution in [-0.4, -0.2) is 33.0 Å². The molecule has 0 saturated heterocycles. The molecule has 3 N–H and O–H groups in total. The molecule has 2 amide bonds. The van der Waals surface area contributed by atoms with Crippen LogP contribution in [0.2, 0.25) is 0 Å². The van der Waals surface area contributed by atoms with Gasteiger partial charge in [-0.05, 0) is 42.7 Å². The van der Waals surface area contributed by atoms with Crippen molar-refractivity contribution in [1.29, 1.82) is 0 Å². The standard InChI is InChI=1S/C20H25N3O4S/c1-13(2)12-21-20(25)16-7-5-6-8-17(16)22-19(24)15-10-9-14(3)18(11-15)23-28(4,26)27/h5-11,13,23H,12H2,1-4H3,(H,21,25)(H,22,24). The Hall–Kier alpha value is -2.87. The monoisotopic (exact) mass is 403 g/mol. The van der Waals surface area contributed by atoms with Crippen LogP contribution in [0.25, 0.3) is 0 Å². The normalized spacial score (nSPS) is 11.2. The van der Waals surface area contributed by atoms with Gasteiger partial charge in [0.15, 0.2) is 0 Å². The van der Waals surface area contributed by atoms with Crippen molar-refractivity contribution in [3.8, 4) is 0 Å². The van der Waals surface area contributed by atoms with E-state index < -0.39 is 15.9 Å². The van der Waals surface area contributed by atoms with Crippen molar-refractivity contribution < 1.29 is 18.0 Å². The Morgan fingerprint density at radius 3 is 2.32 bits per heavy atom. The predicted octanol–water partition coefficient (Wildman–Crippen LogP) is 3.00. The molecule has 0 saturated carbocycles. The van der Waals surface area contributed by atoms with E-state index in [0.717, 1.165) is 6.26 Å². The fraction of sp³-hybridized carbons (Fsp3) is 0.300. The van der Waals surface area contributed by atoms with E-state index in [2.05, 4.69) is 15.4 Å². The lowest BCUT2D eigenvalue weighted by Crippen LogP contribution is -2.28. The zero-order valence-electron chi connectivity index (χ0n) is 16.4. The predicted molar refractivity (Wildman–Crippen MR) is 111 cm³/mol. The van der Waals surface area contributed by atoms with Gasteiger partial charge in [-0.15, -0.1) is 0 Å². The Kier molecular flexibility index (Phi) is 6.80. The molecule has 0 spiro atoms. The summed E-state index contributed by atoms with van der Waals surface area (Å²) in [5.41, 5.74) is 2.03. The van der Waals surface area contributed by atoms with E-state index in [4.69, 9.17) is 0 Å². The molecule has 7 nitrogen and oxygen atoms in total. The molecule has 150 valence electrons. The van der Waals surface area contributed by atoms with Gasteiger partial charge in [0.2, 0.25) is 10.0 Å². The van der Waals surface area contributed by atoms with E-state index in [1.807, 2.05) is 13.8 Å². The van der Waals surface area contributed by atoms with E-state index in [1.54, 1.807) is 43.3 Å². The number of aryl methyl sites for hydroxylation is 1. The summed E-state index contributed by atoms with van der Waals surface area (Å²) in [5.74, 6) is -0.410. The van der Waals surface area contributed by atoms with Gasteiger partial charge in [-0.3, -0.25) is 14.3 Å². The highest BCUT2D eigenvalue weighted by molar-refractivity contribution is 7.92. The summed E-state index contributed by atoms with van der Waals surface area (Å²) in [6, 6.07) is 11.4. The molecule has 0 fully saturated rings. The van der Waals surface area contributed by atoms with Crippen LogP contribution < -0.4 is 15.4 Å². The van der Waals surface area contributed by atoms with Crippen molar-refractivity contribution in [2.24, 2.45) is 5.92 Å². The highest BCUT2D eigenvalue weighted by Crippen LogP contribution is 2.21. The molecule has 0 aliphatic heterocycles. The Balaban J connectivity index is 2.24. The molecular weight excluding hydrogens is 378 g/mol. The van der Waals surface area contributed by atoms with E-state index in [0.29, 0.717) is 35.0 Å². The SMILES string of the molecule is Cc1ccc(C(=O)Nc2ccccc2C(=O)NCC(C)C)cc1NS(C)(=O)=O. The van der Waals surface area contributed by atoms with Gasteiger partial charge < -0.3 is 10.6 Å². The van der Waals surface area contributed by atoms with Crippen LogP contribution in [-0.2, 0) is 10.0 Å². The maximum atomic E-state index is 12.7. The van der Waals surface area contributed by atoms with Crippen LogP contribution in [0.3, 0.4) is 0 Å². The lowest BCUT2D eigenvalue weighted by molar-refractivity contribution is 0.0950. The maximum absolute atomic E-state index is 12.7. The molecule has 28 heavy (non-hydrogen) atoms. The molecule has 8 heteroatoms. The lowest BCUT2D eigenvalue weighted by Gasteiger charge is -2.13. The molecule has 0 bridgehead atoms. The fourth-order valence-corrected chi connectivity index (χ4v) is 3.07. The second-order valence-electron chi connectivity index (χ2n) is 7.01. The summed E-state index contributed by atoms with van der Waals surface area (Å²) in [6.45, 7) is 6.25. The average molecular weight is 404 g/mol. The second kappa shape index (κ2) is 8.88. The van der Waals surface area contributed by atoms with Gasteiger partial charge >= 0.3 is 0 Å². The summed E-state index contributed by atoms with van der Waals surface area (Å²) in [4.78, 5) is 25.1. The molecular formula is C20H25N3O4S. The molecule has 0 aliphatic carbocycles. The van der Waals surface area contributed by atoms with Crippen molar-refractivity contribution in [2.75, 3.05) is 22.8 Å². The minimum absolute atomic E-state index is 0.270. The molecule has 2 aromatic carbocycles. The van der Waals surface area contributed by atoms with Gasteiger partial charge in [0.1, 0.15) is 0 Å². The molecule has 0 aliphatic rings. The first-order valence-corrected chi connectivity index (χ1v) is 10.7. The molecule has 2 aromatic rings. The fourth-order valence-electron chi connectivity index (χ4n) is 2.45. The van der Waals surface area contributed by atoms with E-state index in [-0.39, 0.29) is 11.5 Å². The molecule has 2 rings (SSSR count). The number of sulfonamides is 1. The van der Waals surface area contributed by atoms with Crippen LogP contribution in [0.4, 0.5) is 11.4 Å². The minimum Gasteiger partial charge on any atom is -0.352 e. The number of hydrogen-bond donors (Lipinski definition) is 3. The van der Waals surface area contributed by atoms with Crippen molar-refractivity contribution in [3.05, 3.63) is 59.2 Å². The van der Waals surface area contributed by atoms with Crippen LogP contribution in [0, 0.1) is 12.8 Å². The van der Waals surface area contributed by atoms with Crippen LogP contribution in [0.1, 0.15) is 40.1 Å². The third-order valence-electron chi connectivity index (χ3n) is 3.89. The van der Waals surface area contributed by atoms with E-state index in [1.165, 1.54) is 6.07 Å². The Labute approximate surface area is 165 Å². The zero-order chi connectivity index (χ0) is 20.9. The summed E-state index contributed by atoms with van der Waals surface area (Å²) in [7, 11) is -3.47. The van der Waals surface area contributed by atoms with Crippen LogP contribution >= 0.6 is 0 Å². The largest absolute Gasteiger partial charge is 0.352 e. The van der Waals surface area contributed by atoms with Crippen molar-refractivity contribution in [1.82, 2.24) is 5.32 Å². The average Bonchev–Trinajstić information content (AvgIpc) is 2.60. The zero-order valence-corrected chi connectivity index (χ0v) is 17.2. The number of amides is 2. The highest BCUT2D eigenvalue weighted by Gasteiger charge is 2.15. The second-order valence-corrected chi connectivity index (χ2v) is 8.76. The van der Waals surface area contributed by atoms with Gasteiger partial charge in [0.25, 0.3) is 11.8 Å². The minimum atomic E-state index is -3.47. The van der Waals surface area contributed by atoms with Gasteiger partial charge in [-0.25, -0.2) is 8.42 Å². The molecule has 0 aromatic heterocycles. The summed E-state index contributed by atoms with van der Waals surface area (Å²) < 4.78 is 25.4. The van der Waals surface area contributed by atoms with Gasteiger partial charge in [0, 0.05) is 12.1 Å². The molecule has 0 unspecified atom stereocenters. The highest BCUT2D eigenvalue weighted by atomic mass is 32.2. The lowest BCUT2D eigenvalue weighted by atomic mass is 10.1. The quantitative estimate of drug-likeness (QED) is 0.661. The van der Waals surface area contributed by atoms with E-state index in [9.17, 15) is 18.0 Å². The number of hydrogen-bond acceptors (Lipinski definition) is 4. The third kappa shape index (κ3) is 6.09. The number of para-hydroxylation sites is 1. The summed E-state index contributed by atoms with van der Waals surface area (Å²) in [5, 5.41) is 5.56. The summed E-state index contributed by atoms with van der Waals surface area (Å²) >= 11 is 0. The first-order chi connectivity index (χ1) is 13.1. The number of rotatable bonds is 7.